The zero-order valence-corrected chi connectivity index (χ0v) is 10.8. The molecular formula is C14H10ClF4N. The Labute approximate surface area is 118 Å². The highest BCUT2D eigenvalue weighted by Crippen LogP contribution is 2.36. The van der Waals surface area contributed by atoms with Gasteiger partial charge in [0.05, 0.1) is 11.6 Å². The van der Waals surface area contributed by atoms with E-state index >= 15 is 0 Å². The SMILES string of the molecule is NC(c1cccc(Cl)c1)c1cc(F)ccc1C(F)(F)F. The Morgan fingerprint density at radius 3 is 2.35 bits per heavy atom. The van der Waals surface area contributed by atoms with E-state index in [-0.39, 0.29) is 5.56 Å². The molecule has 2 aromatic rings. The van der Waals surface area contributed by atoms with Crippen LogP contribution in [0.25, 0.3) is 0 Å². The number of nitrogens with two attached hydrogens (primary N) is 1. The summed E-state index contributed by atoms with van der Waals surface area (Å²) in [7, 11) is 0. The van der Waals surface area contributed by atoms with Crippen molar-refractivity contribution >= 4 is 11.6 Å². The highest BCUT2D eigenvalue weighted by molar-refractivity contribution is 6.30. The Kier molecular flexibility index (Phi) is 4.01. The fourth-order valence-corrected chi connectivity index (χ4v) is 2.13. The van der Waals surface area contributed by atoms with Gasteiger partial charge in [-0.25, -0.2) is 4.39 Å². The minimum Gasteiger partial charge on any atom is -0.320 e. The first-order valence-electron chi connectivity index (χ1n) is 5.66. The molecule has 1 unspecified atom stereocenters. The van der Waals surface area contributed by atoms with E-state index in [9.17, 15) is 17.6 Å². The number of benzene rings is 2. The molecule has 0 radical (unpaired) electrons. The fourth-order valence-electron chi connectivity index (χ4n) is 1.93. The molecule has 0 fully saturated rings. The zero-order chi connectivity index (χ0) is 14.9. The second-order valence-electron chi connectivity index (χ2n) is 4.26. The largest absolute Gasteiger partial charge is 0.416 e. The molecule has 0 aliphatic carbocycles. The molecule has 0 aliphatic rings. The number of alkyl halides is 3. The Hall–Kier alpha value is -1.59. The lowest BCUT2D eigenvalue weighted by atomic mass is 9.94. The number of halogens is 5. The normalized spacial score (nSPS) is 13.3. The van der Waals surface area contributed by atoms with E-state index in [1.165, 1.54) is 6.07 Å². The van der Waals surface area contributed by atoms with E-state index in [0.29, 0.717) is 16.7 Å². The van der Waals surface area contributed by atoms with E-state index in [4.69, 9.17) is 17.3 Å². The van der Waals surface area contributed by atoms with Gasteiger partial charge in [-0.2, -0.15) is 13.2 Å². The van der Waals surface area contributed by atoms with Crippen molar-refractivity contribution in [1.82, 2.24) is 0 Å². The van der Waals surface area contributed by atoms with Crippen LogP contribution in [0.1, 0.15) is 22.7 Å². The van der Waals surface area contributed by atoms with Gasteiger partial charge in [-0.05, 0) is 41.5 Å². The maximum absolute atomic E-state index is 13.2. The van der Waals surface area contributed by atoms with Crippen LogP contribution >= 0.6 is 11.6 Å². The van der Waals surface area contributed by atoms with Crippen molar-refractivity contribution in [3.8, 4) is 0 Å². The summed E-state index contributed by atoms with van der Waals surface area (Å²) >= 11 is 5.79. The van der Waals surface area contributed by atoms with Crippen LogP contribution in [0.4, 0.5) is 17.6 Å². The van der Waals surface area contributed by atoms with Crippen molar-refractivity contribution in [3.63, 3.8) is 0 Å². The highest BCUT2D eigenvalue weighted by atomic mass is 35.5. The third kappa shape index (κ3) is 3.11. The molecule has 0 spiro atoms. The molecule has 6 heteroatoms. The maximum Gasteiger partial charge on any atom is 0.416 e. The lowest BCUT2D eigenvalue weighted by molar-refractivity contribution is -0.138. The van der Waals surface area contributed by atoms with Crippen LogP contribution in [0.3, 0.4) is 0 Å². The molecule has 2 aromatic carbocycles. The van der Waals surface area contributed by atoms with Crippen LogP contribution < -0.4 is 5.73 Å². The molecular weight excluding hydrogens is 294 g/mol. The molecule has 0 bridgehead atoms. The predicted molar refractivity (Wildman–Crippen MR) is 68.9 cm³/mol. The standard InChI is InChI=1S/C14H10ClF4N/c15-9-3-1-2-8(6-9)13(20)11-7-10(16)4-5-12(11)14(17,18)19/h1-7,13H,20H2. The fraction of sp³-hybridized carbons (Fsp3) is 0.143. The summed E-state index contributed by atoms with van der Waals surface area (Å²) in [6.07, 6.45) is -4.60. The van der Waals surface area contributed by atoms with Crippen molar-refractivity contribution in [3.05, 3.63) is 70.0 Å². The topological polar surface area (TPSA) is 26.0 Å². The molecule has 0 amide bonds. The van der Waals surface area contributed by atoms with Crippen molar-refractivity contribution < 1.29 is 17.6 Å². The van der Waals surface area contributed by atoms with Crippen LogP contribution in [0.2, 0.25) is 5.02 Å². The van der Waals surface area contributed by atoms with E-state index in [2.05, 4.69) is 0 Å². The van der Waals surface area contributed by atoms with Crippen LogP contribution in [0, 0.1) is 5.82 Å². The van der Waals surface area contributed by atoms with Gasteiger partial charge in [0.25, 0.3) is 0 Å². The minimum atomic E-state index is -4.60. The van der Waals surface area contributed by atoms with Gasteiger partial charge in [-0.1, -0.05) is 23.7 Å². The smallest absolute Gasteiger partial charge is 0.320 e. The van der Waals surface area contributed by atoms with Crippen molar-refractivity contribution in [2.45, 2.75) is 12.2 Å². The molecule has 1 atom stereocenters. The third-order valence-corrected chi connectivity index (χ3v) is 3.10. The Bertz CT molecular complexity index is 625. The molecule has 2 N–H and O–H groups in total. The van der Waals surface area contributed by atoms with Gasteiger partial charge in [0.15, 0.2) is 0 Å². The number of rotatable bonds is 2. The summed E-state index contributed by atoms with van der Waals surface area (Å²) in [5, 5.41) is 0.350. The molecule has 0 aliphatic heterocycles. The van der Waals surface area contributed by atoms with E-state index in [1.807, 2.05) is 0 Å². The number of hydrogen-bond donors (Lipinski definition) is 1. The lowest BCUT2D eigenvalue weighted by Gasteiger charge is -2.19. The quantitative estimate of drug-likeness (QED) is 0.810. The first-order chi connectivity index (χ1) is 9.29. The Morgan fingerprint density at radius 2 is 1.75 bits per heavy atom. The van der Waals surface area contributed by atoms with Gasteiger partial charge in [0.1, 0.15) is 5.82 Å². The summed E-state index contributed by atoms with van der Waals surface area (Å²) in [6.45, 7) is 0. The Balaban J connectivity index is 2.54. The summed E-state index contributed by atoms with van der Waals surface area (Å²) in [5.41, 5.74) is 4.94. The van der Waals surface area contributed by atoms with Crippen molar-refractivity contribution in [2.75, 3.05) is 0 Å². The first-order valence-corrected chi connectivity index (χ1v) is 6.04. The predicted octanol–water partition coefficient (Wildman–Crippen LogP) is 4.55. The van der Waals surface area contributed by atoms with Crippen LogP contribution in [0.15, 0.2) is 42.5 Å². The van der Waals surface area contributed by atoms with Gasteiger partial charge in [0.2, 0.25) is 0 Å². The van der Waals surface area contributed by atoms with Gasteiger partial charge in [-0.15, -0.1) is 0 Å². The summed E-state index contributed by atoms with van der Waals surface area (Å²) in [6, 6.07) is 7.29. The minimum absolute atomic E-state index is 0.320. The monoisotopic (exact) mass is 303 g/mol. The number of hydrogen-bond acceptors (Lipinski definition) is 1. The molecule has 106 valence electrons. The first kappa shape index (κ1) is 14.8. The zero-order valence-electron chi connectivity index (χ0n) is 10.1. The average Bonchev–Trinajstić information content (AvgIpc) is 2.36. The summed E-state index contributed by atoms with van der Waals surface area (Å²) in [5.74, 6) is -0.773. The van der Waals surface area contributed by atoms with E-state index < -0.39 is 23.6 Å². The summed E-state index contributed by atoms with van der Waals surface area (Å²) in [4.78, 5) is 0. The van der Waals surface area contributed by atoms with E-state index in [1.54, 1.807) is 18.2 Å². The molecule has 0 heterocycles. The highest BCUT2D eigenvalue weighted by Gasteiger charge is 2.35. The van der Waals surface area contributed by atoms with Gasteiger partial charge >= 0.3 is 6.18 Å². The second-order valence-corrected chi connectivity index (χ2v) is 4.70. The second kappa shape index (κ2) is 5.42. The lowest BCUT2D eigenvalue weighted by Crippen LogP contribution is -2.18. The van der Waals surface area contributed by atoms with Crippen molar-refractivity contribution in [2.24, 2.45) is 5.73 Å². The maximum atomic E-state index is 13.2. The van der Waals surface area contributed by atoms with Crippen LogP contribution in [-0.4, -0.2) is 0 Å². The van der Waals surface area contributed by atoms with Gasteiger partial charge < -0.3 is 5.73 Å². The molecule has 0 aromatic heterocycles. The molecule has 1 nitrogen and oxygen atoms in total. The van der Waals surface area contributed by atoms with Gasteiger partial charge in [0, 0.05) is 5.02 Å². The van der Waals surface area contributed by atoms with Gasteiger partial charge in [-0.3, -0.25) is 0 Å². The van der Waals surface area contributed by atoms with Crippen LogP contribution in [0.5, 0.6) is 0 Å². The Morgan fingerprint density at radius 1 is 1.05 bits per heavy atom. The molecule has 2 rings (SSSR count). The third-order valence-electron chi connectivity index (χ3n) is 2.86. The molecule has 20 heavy (non-hydrogen) atoms. The molecule has 0 saturated heterocycles. The molecule has 0 saturated carbocycles. The average molecular weight is 304 g/mol. The van der Waals surface area contributed by atoms with Crippen LogP contribution in [-0.2, 0) is 6.18 Å². The van der Waals surface area contributed by atoms with E-state index in [0.717, 1.165) is 12.1 Å². The van der Waals surface area contributed by atoms with Crippen molar-refractivity contribution in [1.29, 1.82) is 0 Å². The summed E-state index contributed by atoms with van der Waals surface area (Å²) < 4.78 is 52.0.